The summed E-state index contributed by atoms with van der Waals surface area (Å²) in [5.74, 6) is -53.5. The molecule has 95 heavy (non-hydrogen) atoms. The first-order valence-electron chi connectivity index (χ1n) is 28.3. The van der Waals surface area contributed by atoms with Crippen molar-refractivity contribution in [2.75, 3.05) is 26.3 Å². The van der Waals surface area contributed by atoms with Gasteiger partial charge in [0.25, 0.3) is 11.8 Å². The maximum Gasteiger partial charge on any atom is 0.460 e. The van der Waals surface area contributed by atoms with Gasteiger partial charge in [-0.1, -0.05) is 0 Å². The first-order valence-corrected chi connectivity index (χ1v) is 28.3. The molecule has 0 saturated carbocycles. The van der Waals surface area contributed by atoms with Gasteiger partial charge in [0.1, 0.15) is 43.0 Å². The normalized spacial score (nSPS) is 20.8. The average molecular weight is 1400 g/mol. The number of carbonyl (C=O) groups excluding carboxylic acids is 11. The number of hydrogen-bond acceptors (Lipinski definition) is 23. The molecule has 1 unspecified atom stereocenters. The van der Waals surface area contributed by atoms with E-state index in [1.807, 2.05) is 5.32 Å². The Bertz CT molecular complexity index is 3030. The molecule has 0 radical (unpaired) electrons. The second-order valence-electron chi connectivity index (χ2n) is 21.9. The van der Waals surface area contributed by atoms with Crippen molar-refractivity contribution < 1.29 is 167 Å². The Morgan fingerprint density at radius 3 is 1.62 bits per heavy atom. The topological polar surface area (TPSA) is 346 Å². The smallest absolute Gasteiger partial charge is 0.460 e. The number of phenols is 1. The van der Waals surface area contributed by atoms with Gasteiger partial charge < -0.3 is 73.2 Å². The number of ether oxygens (including phenoxy) is 11. The maximum atomic E-state index is 15.0. The number of carbonyl (C=O) groups is 11. The van der Waals surface area contributed by atoms with E-state index in [1.165, 1.54) is 12.2 Å². The summed E-state index contributed by atoms with van der Waals surface area (Å²) in [5.41, 5.74) is 0.472. The van der Waals surface area contributed by atoms with Crippen molar-refractivity contribution in [2.24, 2.45) is 0 Å². The molecule has 3 amide bonds. The summed E-state index contributed by atoms with van der Waals surface area (Å²) in [4.78, 5) is 144. The first-order chi connectivity index (χ1) is 43.4. The van der Waals surface area contributed by atoms with Crippen molar-refractivity contribution in [3.63, 3.8) is 0 Å². The van der Waals surface area contributed by atoms with Gasteiger partial charge in [-0.25, -0.2) is 0 Å². The van der Waals surface area contributed by atoms with E-state index >= 15 is 8.78 Å². The van der Waals surface area contributed by atoms with Gasteiger partial charge in [-0.3, -0.25) is 52.7 Å². The zero-order chi connectivity index (χ0) is 73.1. The highest BCUT2D eigenvalue weighted by molar-refractivity contribution is 5.91. The maximum absolute atomic E-state index is 15.0. The number of fused-ring (bicyclic) bond motifs is 1. The van der Waals surface area contributed by atoms with Crippen molar-refractivity contribution in [2.45, 2.75) is 224 Å². The van der Waals surface area contributed by atoms with Gasteiger partial charge in [-0.05, 0) is 70.1 Å². The largest absolute Gasteiger partial charge is 0.507 e. The Morgan fingerprint density at radius 1 is 0.579 bits per heavy atom. The molecule has 2 aliphatic heterocycles. The van der Waals surface area contributed by atoms with Crippen molar-refractivity contribution in [1.29, 1.82) is 0 Å². The Hall–Kier alpha value is -8.00. The quantitative estimate of drug-likeness (QED) is 0.0319. The molecule has 1 saturated heterocycles. The molecule has 0 spiro atoms. The van der Waals surface area contributed by atoms with Crippen LogP contribution in [0.5, 0.6) is 11.5 Å². The van der Waals surface area contributed by atoms with E-state index in [9.17, 15) is 106 Å². The molecule has 1 fully saturated rings. The molecule has 2 heterocycles. The van der Waals surface area contributed by atoms with Crippen LogP contribution in [0.2, 0.25) is 0 Å². The molecule has 0 aliphatic carbocycles. The van der Waals surface area contributed by atoms with Gasteiger partial charge in [-0.2, -0.15) is 57.1 Å². The summed E-state index contributed by atoms with van der Waals surface area (Å²) < 4.78 is 243. The number of halogens is 13. The van der Waals surface area contributed by atoms with E-state index in [4.69, 9.17) is 52.1 Å². The highest BCUT2D eigenvalue weighted by atomic mass is 19.4. The zero-order valence-electron chi connectivity index (χ0n) is 52.7. The third-order valence-electron chi connectivity index (χ3n) is 14.4. The number of alkyl halides is 13. The van der Waals surface area contributed by atoms with Gasteiger partial charge in [-0.15, -0.1) is 0 Å². The number of unbranched alkanes of at least 4 members (excludes halogenated alkanes) is 1. The highest BCUT2D eigenvalue weighted by Crippen LogP contribution is 2.60. The monoisotopic (exact) mass is 1400 g/mol. The van der Waals surface area contributed by atoms with Crippen LogP contribution in [0.4, 0.5) is 57.1 Å². The Balaban J connectivity index is 2.25. The van der Waals surface area contributed by atoms with E-state index in [-0.39, 0.29) is 31.6 Å². The van der Waals surface area contributed by atoms with Crippen LogP contribution >= 0.6 is 0 Å². The number of amides is 3. The lowest BCUT2D eigenvalue weighted by Crippen LogP contribution is -2.70. The molecule has 4 N–H and O–H groups in total. The van der Waals surface area contributed by atoms with Crippen molar-refractivity contribution >= 4 is 65.5 Å². The Labute approximate surface area is 531 Å². The van der Waals surface area contributed by atoms with Crippen LogP contribution in [-0.4, -0.2) is 199 Å². The second-order valence-corrected chi connectivity index (χ2v) is 21.9. The van der Waals surface area contributed by atoms with E-state index in [2.05, 4.69) is 5.32 Å². The van der Waals surface area contributed by atoms with Crippen molar-refractivity contribution in [1.82, 2.24) is 16.0 Å². The third-order valence-corrected chi connectivity index (χ3v) is 14.4. The van der Waals surface area contributed by atoms with E-state index in [0.717, 1.165) is 34.6 Å². The lowest BCUT2D eigenvalue weighted by molar-refractivity contribution is -0.440. The summed E-state index contributed by atoms with van der Waals surface area (Å²) in [7, 11) is 0. The third kappa shape index (κ3) is 19.8. The number of nitrogens with one attached hydrogen (secondary N) is 3. The molecule has 2 aliphatic rings. The standard InChI is InChI=1S/C56H70F13N3O23/c1-23-24(2)39-34(25(3)38(23)81)16-17-50(12,95-39)49(84)71-19-14-13-15-35(46(82)70-20-18-51(57,58)52(59,60)53(61,62)54(63,64)55(65,66)56(67,68)69)72-47(83)44(91-32(10)79)42(89-30(8)77)41(36(87-28(6)75)21-85-26(4)73)94-48-45(92-33(11)80)43(90-31(9)78)40(88-29(7)76)37(93-48)22-86-27(5)74/h35-37,40-45,48,81H,13-22H2,1-12H3,(H,70,82)(H,71,84)(H,72,83)/t35-,36+,37+,40-,41+,42-,43-,44+,45+,48-,50?/m0/s1. The van der Waals surface area contributed by atoms with Crippen LogP contribution in [0.15, 0.2) is 0 Å². The molecule has 11 atom stereocenters. The molecule has 26 nitrogen and oxygen atoms in total. The van der Waals surface area contributed by atoms with Crippen LogP contribution in [0.25, 0.3) is 0 Å². The lowest BCUT2D eigenvalue weighted by Gasteiger charge is -2.46. The van der Waals surface area contributed by atoms with Gasteiger partial charge >= 0.3 is 83.5 Å². The number of phenolic OH excluding ortho intramolecular Hbond substituents is 1. The number of aromatic hydroxyl groups is 1. The van der Waals surface area contributed by atoms with E-state index < -0.39 is 207 Å². The molecule has 1 aromatic rings. The molecule has 39 heteroatoms. The lowest BCUT2D eigenvalue weighted by atomic mass is 9.86. The van der Waals surface area contributed by atoms with Gasteiger partial charge in [0, 0.05) is 86.9 Å². The van der Waals surface area contributed by atoms with E-state index in [0.29, 0.717) is 48.8 Å². The zero-order valence-corrected chi connectivity index (χ0v) is 52.7. The highest BCUT2D eigenvalue weighted by Gasteiger charge is 2.90. The molecule has 0 aromatic heterocycles. The van der Waals surface area contributed by atoms with Crippen LogP contribution in [0, 0.1) is 20.8 Å². The van der Waals surface area contributed by atoms with E-state index in [1.54, 1.807) is 20.8 Å². The minimum atomic E-state index is -8.27. The summed E-state index contributed by atoms with van der Waals surface area (Å²) in [6.45, 7) is 7.59. The number of esters is 8. The van der Waals surface area contributed by atoms with Crippen LogP contribution in [0.1, 0.15) is 117 Å². The number of hydrogen-bond donors (Lipinski definition) is 4. The van der Waals surface area contributed by atoms with Crippen molar-refractivity contribution in [3.8, 4) is 11.5 Å². The van der Waals surface area contributed by atoms with Crippen molar-refractivity contribution in [3.05, 3.63) is 22.3 Å². The predicted molar refractivity (Wildman–Crippen MR) is 287 cm³/mol. The molecule has 538 valence electrons. The van der Waals surface area contributed by atoms with Crippen LogP contribution < -0.4 is 20.7 Å². The molecular formula is C56H70F13N3O23. The van der Waals surface area contributed by atoms with Gasteiger partial charge in [0.15, 0.2) is 42.4 Å². The van der Waals surface area contributed by atoms with Crippen LogP contribution in [-0.2, 0) is 107 Å². The fraction of sp³-hybridized carbons (Fsp3) is 0.696. The Morgan fingerprint density at radius 2 is 1.11 bits per heavy atom. The fourth-order valence-electron chi connectivity index (χ4n) is 9.60. The van der Waals surface area contributed by atoms with Crippen LogP contribution in [0.3, 0.4) is 0 Å². The SMILES string of the molecule is CC(=O)OC[C@H]1O[C@@H](O[C@@H]([C@H](OC(C)=O)[C@@H](OC(C)=O)C(=O)N[C@@H](CCCCNC(=O)C2(C)CCc3c(C)c(O)c(C)c(C)c3O2)C(=O)NCCC(F)(F)C(F)(F)C(F)(F)C(F)(F)C(F)(F)C(F)(F)F)[C@@H](COC(C)=O)OC(C)=O)[C@H](OC(C)=O)[C@@H](OC(C)=O)[C@H]1OC(C)=O. The molecule has 1 aromatic carbocycles. The summed E-state index contributed by atoms with van der Waals surface area (Å²) >= 11 is 0. The summed E-state index contributed by atoms with van der Waals surface area (Å²) in [6.07, 6.45) is -33.2. The minimum absolute atomic E-state index is 0.00224. The van der Waals surface area contributed by atoms with Gasteiger partial charge in [0.2, 0.25) is 12.0 Å². The predicted octanol–water partition coefficient (Wildman–Crippen LogP) is 5.24. The Kier molecular flexibility index (Phi) is 27.5. The number of rotatable bonds is 31. The molecular weight excluding hydrogens is 1330 g/mol. The number of benzene rings is 1. The first kappa shape index (κ1) is 81.2. The van der Waals surface area contributed by atoms with Gasteiger partial charge in [0.05, 0.1) is 0 Å². The minimum Gasteiger partial charge on any atom is -0.507 e. The second kappa shape index (κ2) is 32.2. The fourth-order valence-corrected chi connectivity index (χ4v) is 9.60. The summed E-state index contributed by atoms with van der Waals surface area (Å²) in [5, 5.41) is 16.5. The summed E-state index contributed by atoms with van der Waals surface area (Å²) in [6, 6.07) is -2.40. The molecule has 0 bridgehead atoms. The average Bonchev–Trinajstić information content (AvgIpc) is 0.716. The molecule has 3 rings (SSSR count).